The van der Waals surface area contributed by atoms with E-state index in [1.165, 1.54) is 0 Å². The second-order valence-electron chi connectivity index (χ2n) is 2.10. The van der Waals surface area contributed by atoms with Crippen LogP contribution in [-0.4, -0.2) is 39.6 Å². The van der Waals surface area contributed by atoms with Gasteiger partial charge in [-0.1, -0.05) is 0 Å². The van der Waals surface area contributed by atoms with Gasteiger partial charge in [-0.05, 0) is 6.32 Å². The number of ketones is 1. The van der Waals surface area contributed by atoms with Gasteiger partial charge in [-0.2, -0.15) is 0 Å². The fraction of sp³-hybridized carbons (Fsp3) is 0.833. The van der Waals surface area contributed by atoms with Crippen LogP contribution in [-0.2, 0) is 14.3 Å². The molecule has 0 aliphatic carbocycles. The molecule has 1 atom stereocenters. The summed E-state index contributed by atoms with van der Waals surface area (Å²) in [7, 11) is 5.12. The number of Topliss-reactive ketones (excluding diaryl/α,β-unsaturated/α-hetero) is 1. The number of carbonyl (C=O) groups is 1. The van der Waals surface area contributed by atoms with E-state index in [1.54, 1.807) is 0 Å². The quantitative estimate of drug-likeness (QED) is 0.487. The Hall–Kier alpha value is -0.345. The first kappa shape index (κ1) is 7.76. The third kappa shape index (κ3) is 1.82. The SMILES string of the molecule is [B]CC(=O)C1COCCO1. The molecule has 1 rings (SSSR count). The summed E-state index contributed by atoms with van der Waals surface area (Å²) >= 11 is 0. The van der Waals surface area contributed by atoms with Crippen molar-refractivity contribution in [3.63, 3.8) is 0 Å². The Balaban J connectivity index is 2.31. The highest BCUT2D eigenvalue weighted by molar-refractivity contribution is 6.21. The summed E-state index contributed by atoms with van der Waals surface area (Å²) in [4.78, 5) is 10.8. The second-order valence-corrected chi connectivity index (χ2v) is 2.10. The number of ether oxygens (including phenoxy) is 2. The lowest BCUT2D eigenvalue weighted by atomic mass is 9.97. The van der Waals surface area contributed by atoms with Crippen molar-refractivity contribution in [1.29, 1.82) is 0 Å². The first-order chi connectivity index (χ1) is 4.84. The highest BCUT2D eigenvalue weighted by Crippen LogP contribution is 2.02. The van der Waals surface area contributed by atoms with Crippen LogP contribution in [0.25, 0.3) is 0 Å². The van der Waals surface area contributed by atoms with Crippen molar-refractivity contribution in [1.82, 2.24) is 0 Å². The molecule has 1 saturated heterocycles. The third-order valence-corrected chi connectivity index (χ3v) is 1.38. The molecule has 0 amide bonds. The molecule has 10 heavy (non-hydrogen) atoms. The molecule has 0 N–H and O–H groups in total. The monoisotopic (exact) mass is 140 g/mol. The molecule has 54 valence electrons. The van der Waals surface area contributed by atoms with Crippen LogP contribution in [0.2, 0.25) is 6.32 Å². The van der Waals surface area contributed by atoms with Crippen molar-refractivity contribution in [3.8, 4) is 0 Å². The predicted molar refractivity (Wildman–Crippen MR) is 36.1 cm³/mol. The van der Waals surface area contributed by atoms with Gasteiger partial charge in [0.2, 0.25) is 0 Å². The van der Waals surface area contributed by atoms with Crippen LogP contribution in [0.3, 0.4) is 0 Å². The summed E-state index contributed by atoms with van der Waals surface area (Å²) in [5.41, 5.74) is 0. The van der Waals surface area contributed by atoms with Crippen molar-refractivity contribution in [2.24, 2.45) is 0 Å². The van der Waals surface area contributed by atoms with Gasteiger partial charge in [0.1, 0.15) is 6.10 Å². The van der Waals surface area contributed by atoms with Gasteiger partial charge < -0.3 is 9.47 Å². The summed E-state index contributed by atoms with van der Waals surface area (Å²) in [6, 6.07) is 0. The minimum Gasteiger partial charge on any atom is -0.376 e. The lowest BCUT2D eigenvalue weighted by molar-refractivity contribution is -0.143. The number of hydrogen-bond donors (Lipinski definition) is 0. The summed E-state index contributed by atoms with van der Waals surface area (Å²) in [6.45, 7) is 1.43. The highest BCUT2D eigenvalue weighted by atomic mass is 16.6. The molecular weight excluding hydrogens is 131 g/mol. The van der Waals surface area contributed by atoms with Crippen LogP contribution < -0.4 is 0 Å². The van der Waals surface area contributed by atoms with Gasteiger partial charge in [0.05, 0.1) is 27.7 Å². The molecule has 0 aromatic rings. The van der Waals surface area contributed by atoms with Gasteiger partial charge in [-0.15, -0.1) is 0 Å². The van der Waals surface area contributed by atoms with E-state index in [4.69, 9.17) is 17.3 Å². The standard InChI is InChI=1S/C6H9BO3/c7-3-5(8)6-4-9-1-2-10-6/h6H,1-4H2. The maximum Gasteiger partial charge on any atom is 0.155 e. The minimum absolute atomic E-state index is 0.0357. The maximum absolute atomic E-state index is 10.8. The molecule has 0 aromatic carbocycles. The zero-order valence-corrected chi connectivity index (χ0v) is 5.71. The van der Waals surface area contributed by atoms with Crippen LogP contribution in [0.1, 0.15) is 0 Å². The lowest BCUT2D eigenvalue weighted by Gasteiger charge is -2.21. The molecular formula is C6H9BO3. The Morgan fingerprint density at radius 1 is 1.60 bits per heavy atom. The van der Waals surface area contributed by atoms with E-state index in [2.05, 4.69) is 0 Å². The Morgan fingerprint density at radius 2 is 2.40 bits per heavy atom. The van der Waals surface area contributed by atoms with E-state index >= 15 is 0 Å². The largest absolute Gasteiger partial charge is 0.376 e. The fourth-order valence-electron chi connectivity index (χ4n) is 0.805. The normalized spacial score (nSPS) is 26.2. The minimum atomic E-state index is -0.418. The van der Waals surface area contributed by atoms with E-state index in [0.29, 0.717) is 19.8 Å². The van der Waals surface area contributed by atoms with Gasteiger partial charge in [-0.3, -0.25) is 4.79 Å². The molecule has 1 heterocycles. The summed E-state index contributed by atoms with van der Waals surface area (Å²) < 4.78 is 10.1. The fourth-order valence-corrected chi connectivity index (χ4v) is 0.805. The van der Waals surface area contributed by atoms with E-state index in [9.17, 15) is 4.79 Å². The lowest BCUT2D eigenvalue weighted by Crippen LogP contribution is -2.35. The van der Waals surface area contributed by atoms with Gasteiger partial charge in [0.15, 0.2) is 5.78 Å². The van der Waals surface area contributed by atoms with E-state index in [-0.39, 0.29) is 12.1 Å². The van der Waals surface area contributed by atoms with Crippen LogP contribution in [0.4, 0.5) is 0 Å². The van der Waals surface area contributed by atoms with Crippen molar-refractivity contribution < 1.29 is 14.3 Å². The Kier molecular flexibility index (Phi) is 2.90. The molecule has 0 saturated carbocycles. The van der Waals surface area contributed by atoms with Crippen molar-refractivity contribution >= 4 is 13.6 Å². The van der Waals surface area contributed by atoms with Gasteiger partial charge in [-0.25, -0.2) is 0 Å². The van der Waals surface area contributed by atoms with Crippen molar-refractivity contribution in [3.05, 3.63) is 0 Å². The van der Waals surface area contributed by atoms with Crippen molar-refractivity contribution in [2.45, 2.75) is 12.4 Å². The molecule has 1 unspecified atom stereocenters. The zero-order valence-electron chi connectivity index (χ0n) is 5.71. The van der Waals surface area contributed by atoms with Gasteiger partial charge in [0, 0.05) is 0 Å². The summed E-state index contributed by atoms with van der Waals surface area (Å²) in [5, 5.41) is 0. The second kappa shape index (κ2) is 3.73. The van der Waals surface area contributed by atoms with Crippen molar-refractivity contribution in [2.75, 3.05) is 19.8 Å². The zero-order chi connectivity index (χ0) is 7.40. The highest BCUT2D eigenvalue weighted by Gasteiger charge is 2.19. The first-order valence-electron chi connectivity index (χ1n) is 3.26. The molecule has 1 fully saturated rings. The van der Waals surface area contributed by atoms with Gasteiger partial charge >= 0.3 is 0 Å². The van der Waals surface area contributed by atoms with E-state index < -0.39 is 6.10 Å². The maximum atomic E-state index is 10.8. The average molecular weight is 140 g/mol. The molecule has 2 radical (unpaired) electrons. The number of carbonyl (C=O) groups excluding carboxylic acids is 1. The van der Waals surface area contributed by atoms with Crippen LogP contribution in [0.5, 0.6) is 0 Å². The summed E-state index contributed by atoms with van der Waals surface area (Å²) in [6.07, 6.45) is -0.382. The summed E-state index contributed by atoms with van der Waals surface area (Å²) in [5.74, 6) is -0.0836. The van der Waals surface area contributed by atoms with Crippen LogP contribution in [0.15, 0.2) is 0 Å². The van der Waals surface area contributed by atoms with Gasteiger partial charge in [0.25, 0.3) is 0 Å². The van der Waals surface area contributed by atoms with E-state index in [1.807, 2.05) is 0 Å². The Morgan fingerprint density at radius 3 is 2.90 bits per heavy atom. The molecule has 0 aromatic heterocycles. The third-order valence-electron chi connectivity index (χ3n) is 1.38. The number of rotatable bonds is 2. The first-order valence-corrected chi connectivity index (χ1v) is 3.26. The molecule has 0 spiro atoms. The Bertz CT molecular complexity index is 120. The molecule has 4 heteroatoms. The predicted octanol–water partition coefficient (Wildman–Crippen LogP) is -0.442. The Labute approximate surface area is 61.1 Å². The average Bonchev–Trinajstić information content (AvgIpc) is 2.05. The topological polar surface area (TPSA) is 35.5 Å². The molecule has 3 nitrogen and oxygen atoms in total. The molecule has 1 aliphatic heterocycles. The molecule has 1 aliphatic rings. The van der Waals surface area contributed by atoms with Crippen LogP contribution in [0, 0.1) is 0 Å². The van der Waals surface area contributed by atoms with E-state index in [0.717, 1.165) is 0 Å². The molecule has 0 bridgehead atoms. The number of hydrogen-bond acceptors (Lipinski definition) is 3. The smallest absolute Gasteiger partial charge is 0.155 e. The van der Waals surface area contributed by atoms with Crippen LogP contribution >= 0.6 is 0 Å².